The summed E-state index contributed by atoms with van der Waals surface area (Å²) in [6.07, 6.45) is 10.7. The van der Waals surface area contributed by atoms with Gasteiger partial charge in [-0.1, -0.05) is 26.2 Å². The van der Waals surface area contributed by atoms with E-state index in [9.17, 15) is 0 Å². The minimum atomic E-state index is 0.629. The minimum Gasteiger partial charge on any atom is -0.353 e. The molecule has 4 nitrogen and oxygen atoms in total. The summed E-state index contributed by atoms with van der Waals surface area (Å²) in [4.78, 5) is 6.77. The van der Waals surface area contributed by atoms with E-state index >= 15 is 0 Å². The lowest BCUT2D eigenvalue weighted by atomic mass is 9.96. The molecule has 0 radical (unpaired) electrons. The number of likely N-dealkylation sites (N-methyl/N-ethyl adjacent to an activating group) is 1. The van der Waals surface area contributed by atoms with Crippen molar-refractivity contribution in [3.05, 3.63) is 12.4 Å². The van der Waals surface area contributed by atoms with Gasteiger partial charge in [0.05, 0.1) is 0 Å². The second kappa shape index (κ2) is 6.78. The zero-order valence-corrected chi connectivity index (χ0v) is 11.7. The van der Waals surface area contributed by atoms with Crippen LogP contribution in [0, 0.1) is 0 Å². The van der Waals surface area contributed by atoms with E-state index < -0.39 is 0 Å². The van der Waals surface area contributed by atoms with Crippen LogP contribution in [-0.4, -0.2) is 40.6 Å². The van der Waals surface area contributed by atoms with Crippen molar-refractivity contribution in [2.75, 3.05) is 25.5 Å². The number of nitrogens with one attached hydrogen (secondary N) is 1. The summed E-state index contributed by atoms with van der Waals surface area (Å²) >= 11 is 0. The first kappa shape index (κ1) is 13.4. The third-order valence-corrected chi connectivity index (χ3v) is 3.92. The van der Waals surface area contributed by atoms with Gasteiger partial charge in [0.2, 0.25) is 5.95 Å². The highest BCUT2D eigenvalue weighted by Crippen LogP contribution is 2.20. The van der Waals surface area contributed by atoms with Crippen molar-refractivity contribution < 1.29 is 0 Å². The Balaban J connectivity index is 1.86. The summed E-state index contributed by atoms with van der Waals surface area (Å²) < 4.78 is 2.24. The Morgan fingerprint density at radius 3 is 2.89 bits per heavy atom. The maximum Gasteiger partial charge on any atom is 0.203 e. The van der Waals surface area contributed by atoms with Gasteiger partial charge in [0, 0.05) is 31.5 Å². The Labute approximate surface area is 110 Å². The molecule has 0 unspecified atom stereocenters. The third-order valence-electron chi connectivity index (χ3n) is 3.92. The molecule has 0 saturated heterocycles. The van der Waals surface area contributed by atoms with Crippen molar-refractivity contribution in [3.63, 3.8) is 0 Å². The van der Waals surface area contributed by atoms with Gasteiger partial charge in [0.1, 0.15) is 0 Å². The predicted octanol–water partition coefficient (Wildman–Crippen LogP) is 2.58. The molecule has 1 aliphatic rings. The van der Waals surface area contributed by atoms with Crippen LogP contribution in [-0.2, 0) is 6.54 Å². The molecule has 1 aromatic heterocycles. The minimum absolute atomic E-state index is 0.629. The Bertz CT molecular complexity index is 341. The number of aromatic nitrogens is 2. The van der Waals surface area contributed by atoms with E-state index in [1.54, 1.807) is 0 Å². The predicted molar refractivity (Wildman–Crippen MR) is 75.9 cm³/mol. The molecule has 1 N–H and O–H groups in total. The zero-order valence-electron chi connectivity index (χ0n) is 11.7. The van der Waals surface area contributed by atoms with Crippen LogP contribution in [0.5, 0.6) is 0 Å². The average molecular weight is 250 g/mol. The second-order valence-electron chi connectivity index (χ2n) is 5.32. The maximum absolute atomic E-state index is 4.45. The van der Waals surface area contributed by atoms with Crippen LogP contribution in [0.15, 0.2) is 12.4 Å². The lowest BCUT2D eigenvalue weighted by Crippen LogP contribution is -2.26. The fraction of sp³-hybridized carbons (Fsp3) is 0.786. The Morgan fingerprint density at radius 2 is 2.17 bits per heavy atom. The molecule has 1 aromatic rings. The van der Waals surface area contributed by atoms with E-state index in [0.29, 0.717) is 6.04 Å². The molecule has 0 amide bonds. The summed E-state index contributed by atoms with van der Waals surface area (Å²) in [5.74, 6) is 1.05. The third kappa shape index (κ3) is 3.73. The van der Waals surface area contributed by atoms with Crippen molar-refractivity contribution in [2.24, 2.45) is 0 Å². The highest BCUT2D eigenvalue weighted by atomic mass is 15.2. The van der Waals surface area contributed by atoms with Crippen molar-refractivity contribution in [1.82, 2.24) is 14.5 Å². The van der Waals surface area contributed by atoms with Crippen LogP contribution in [0.4, 0.5) is 5.95 Å². The molecule has 0 aliphatic heterocycles. The molecule has 1 aliphatic carbocycles. The molecule has 2 rings (SSSR count). The molecular formula is C14H26N4. The normalized spacial score (nSPS) is 17.3. The molecule has 102 valence electrons. The van der Waals surface area contributed by atoms with E-state index in [2.05, 4.69) is 39.9 Å². The first-order chi connectivity index (χ1) is 8.79. The van der Waals surface area contributed by atoms with Gasteiger partial charge in [0.25, 0.3) is 0 Å². The molecule has 0 atom stereocenters. The lowest BCUT2D eigenvalue weighted by molar-refractivity contribution is 0.335. The number of hydrogen-bond acceptors (Lipinski definition) is 3. The van der Waals surface area contributed by atoms with Crippen molar-refractivity contribution in [1.29, 1.82) is 0 Å². The van der Waals surface area contributed by atoms with Crippen LogP contribution in [0.3, 0.4) is 0 Å². The van der Waals surface area contributed by atoms with E-state index in [0.717, 1.165) is 25.6 Å². The van der Waals surface area contributed by atoms with Crippen molar-refractivity contribution in [2.45, 2.75) is 51.6 Å². The molecule has 18 heavy (non-hydrogen) atoms. The molecule has 1 saturated carbocycles. The summed E-state index contributed by atoms with van der Waals surface area (Å²) in [6, 6.07) is 0.629. The van der Waals surface area contributed by atoms with Crippen LogP contribution >= 0.6 is 0 Å². The first-order valence-corrected chi connectivity index (χ1v) is 7.26. The molecule has 1 heterocycles. The van der Waals surface area contributed by atoms with E-state index in [1.165, 1.54) is 32.1 Å². The molecule has 0 aromatic carbocycles. The van der Waals surface area contributed by atoms with Gasteiger partial charge in [-0.15, -0.1) is 0 Å². The van der Waals surface area contributed by atoms with Gasteiger partial charge in [-0.25, -0.2) is 4.98 Å². The highest BCUT2D eigenvalue weighted by molar-refractivity contribution is 5.27. The largest absolute Gasteiger partial charge is 0.353 e. The quantitative estimate of drug-likeness (QED) is 0.842. The van der Waals surface area contributed by atoms with Gasteiger partial charge in [-0.2, -0.15) is 0 Å². The Hall–Kier alpha value is -1.03. The Morgan fingerprint density at radius 1 is 1.39 bits per heavy atom. The number of imidazole rings is 1. The van der Waals surface area contributed by atoms with Crippen molar-refractivity contribution >= 4 is 5.95 Å². The van der Waals surface area contributed by atoms with Crippen LogP contribution < -0.4 is 5.32 Å². The van der Waals surface area contributed by atoms with Gasteiger partial charge >= 0.3 is 0 Å². The molecule has 1 fully saturated rings. The fourth-order valence-electron chi connectivity index (χ4n) is 2.50. The maximum atomic E-state index is 4.45. The molecule has 0 bridgehead atoms. The first-order valence-electron chi connectivity index (χ1n) is 7.26. The SMILES string of the molecule is CCN(C)CCn1ccnc1NC1CCCCC1. The summed E-state index contributed by atoms with van der Waals surface area (Å²) in [5.41, 5.74) is 0. The summed E-state index contributed by atoms with van der Waals surface area (Å²) in [5, 5.41) is 3.60. The van der Waals surface area contributed by atoms with Gasteiger partial charge in [-0.3, -0.25) is 0 Å². The molecule has 4 heteroatoms. The number of hydrogen-bond donors (Lipinski definition) is 1. The lowest BCUT2D eigenvalue weighted by Gasteiger charge is -2.24. The zero-order chi connectivity index (χ0) is 12.8. The van der Waals surface area contributed by atoms with E-state index in [1.807, 2.05) is 6.20 Å². The smallest absolute Gasteiger partial charge is 0.203 e. The molecule has 0 spiro atoms. The standard InChI is InChI=1S/C14H26N4/c1-3-17(2)11-12-18-10-9-15-14(18)16-13-7-5-4-6-8-13/h9-10,13H,3-8,11-12H2,1-2H3,(H,15,16). The Kier molecular flexibility index (Phi) is 5.05. The topological polar surface area (TPSA) is 33.1 Å². The van der Waals surface area contributed by atoms with E-state index in [4.69, 9.17) is 0 Å². The van der Waals surface area contributed by atoms with Crippen LogP contribution in [0.25, 0.3) is 0 Å². The summed E-state index contributed by atoms with van der Waals surface area (Å²) in [7, 11) is 2.16. The van der Waals surface area contributed by atoms with Gasteiger partial charge in [-0.05, 0) is 26.4 Å². The summed E-state index contributed by atoms with van der Waals surface area (Å²) in [6.45, 7) is 5.38. The van der Waals surface area contributed by atoms with E-state index in [-0.39, 0.29) is 0 Å². The monoisotopic (exact) mass is 250 g/mol. The van der Waals surface area contributed by atoms with Crippen LogP contribution in [0.2, 0.25) is 0 Å². The van der Waals surface area contributed by atoms with Gasteiger partial charge < -0.3 is 14.8 Å². The van der Waals surface area contributed by atoms with Crippen molar-refractivity contribution in [3.8, 4) is 0 Å². The number of nitrogens with zero attached hydrogens (tertiary/aromatic N) is 3. The van der Waals surface area contributed by atoms with Crippen LogP contribution in [0.1, 0.15) is 39.0 Å². The van der Waals surface area contributed by atoms with Gasteiger partial charge in [0.15, 0.2) is 0 Å². The average Bonchev–Trinajstić information content (AvgIpc) is 2.84. The number of rotatable bonds is 6. The second-order valence-corrected chi connectivity index (χ2v) is 5.32. The molecular weight excluding hydrogens is 224 g/mol. The highest BCUT2D eigenvalue weighted by Gasteiger charge is 2.15. The fourth-order valence-corrected chi connectivity index (χ4v) is 2.50. The number of anilines is 1.